The van der Waals surface area contributed by atoms with E-state index in [4.69, 9.17) is 9.47 Å². The molecule has 4 atom stereocenters. The van der Waals surface area contributed by atoms with Crippen LogP contribution < -0.4 is 5.32 Å². The zero-order valence-corrected chi connectivity index (χ0v) is 14.1. The Hall–Kier alpha value is -0.810. The monoisotopic (exact) mass is 310 g/mol. The maximum atomic E-state index is 12.7. The normalized spacial score (nSPS) is 35.8. The van der Waals surface area contributed by atoms with Crippen LogP contribution in [0.15, 0.2) is 0 Å². The van der Waals surface area contributed by atoms with Gasteiger partial charge in [0.15, 0.2) is 0 Å². The van der Waals surface area contributed by atoms with E-state index in [1.165, 1.54) is 0 Å². The molecule has 2 saturated heterocycles. The third kappa shape index (κ3) is 2.73. The maximum absolute atomic E-state index is 12.7. The minimum Gasteiger partial charge on any atom is -0.377 e. The van der Waals surface area contributed by atoms with Gasteiger partial charge in [-0.2, -0.15) is 0 Å². The number of nitrogens with zero attached hydrogens (tertiary/aromatic N) is 1. The fraction of sp³-hybridized carbons (Fsp3) is 0.941. The van der Waals surface area contributed by atoms with Crippen LogP contribution in [-0.4, -0.2) is 55.5 Å². The first-order chi connectivity index (χ1) is 10.6. The van der Waals surface area contributed by atoms with Gasteiger partial charge >= 0.3 is 6.03 Å². The van der Waals surface area contributed by atoms with E-state index in [9.17, 15) is 4.79 Å². The van der Waals surface area contributed by atoms with Gasteiger partial charge in [0.05, 0.1) is 12.2 Å². The van der Waals surface area contributed by atoms with E-state index >= 15 is 0 Å². The van der Waals surface area contributed by atoms with Crippen molar-refractivity contribution in [3.63, 3.8) is 0 Å². The summed E-state index contributed by atoms with van der Waals surface area (Å²) in [5, 5.41) is 3.10. The summed E-state index contributed by atoms with van der Waals surface area (Å²) in [6.45, 7) is 9.73. The van der Waals surface area contributed by atoms with Gasteiger partial charge in [-0.25, -0.2) is 4.79 Å². The second-order valence-corrected chi connectivity index (χ2v) is 7.52. The van der Waals surface area contributed by atoms with Crippen LogP contribution in [0.5, 0.6) is 0 Å². The highest BCUT2D eigenvalue weighted by atomic mass is 16.5. The largest absolute Gasteiger partial charge is 0.377 e. The number of ether oxygens (including phenoxy) is 2. The molecule has 3 fully saturated rings. The van der Waals surface area contributed by atoms with Gasteiger partial charge in [-0.15, -0.1) is 0 Å². The summed E-state index contributed by atoms with van der Waals surface area (Å²) in [7, 11) is 0. The lowest BCUT2D eigenvalue weighted by Gasteiger charge is -2.58. The second-order valence-electron chi connectivity index (χ2n) is 7.52. The first kappa shape index (κ1) is 16.1. The fourth-order valence-corrected chi connectivity index (χ4v) is 4.65. The summed E-state index contributed by atoms with van der Waals surface area (Å²) in [6, 6.07) is 0.366. The van der Waals surface area contributed by atoms with Gasteiger partial charge in [0, 0.05) is 43.7 Å². The molecule has 0 radical (unpaired) electrons. The smallest absolute Gasteiger partial charge is 0.317 e. The van der Waals surface area contributed by atoms with Crippen molar-refractivity contribution in [2.24, 2.45) is 11.3 Å². The Kier molecular flexibility index (Phi) is 4.64. The topological polar surface area (TPSA) is 50.8 Å². The summed E-state index contributed by atoms with van der Waals surface area (Å²) >= 11 is 0. The molecule has 0 spiro atoms. The predicted octanol–water partition coefficient (Wildman–Crippen LogP) is 2.40. The summed E-state index contributed by atoms with van der Waals surface area (Å²) < 4.78 is 11.5. The van der Waals surface area contributed by atoms with Crippen LogP contribution >= 0.6 is 0 Å². The fourth-order valence-electron chi connectivity index (χ4n) is 4.65. The number of hydrogen-bond donors (Lipinski definition) is 1. The van der Waals surface area contributed by atoms with E-state index in [0.29, 0.717) is 24.6 Å². The van der Waals surface area contributed by atoms with Gasteiger partial charge < -0.3 is 19.7 Å². The number of hydrogen-bond acceptors (Lipinski definition) is 3. The molecule has 0 aromatic rings. The predicted molar refractivity (Wildman–Crippen MR) is 84.8 cm³/mol. The maximum Gasteiger partial charge on any atom is 0.317 e. The van der Waals surface area contributed by atoms with Crippen molar-refractivity contribution in [3.05, 3.63) is 0 Å². The molecule has 5 heteroatoms. The average molecular weight is 310 g/mol. The lowest BCUT2D eigenvalue weighted by atomic mass is 9.56. The zero-order valence-electron chi connectivity index (χ0n) is 14.1. The molecular formula is C17H30N2O3. The highest BCUT2D eigenvalue weighted by molar-refractivity contribution is 5.75. The van der Waals surface area contributed by atoms with Gasteiger partial charge in [-0.05, 0) is 25.7 Å². The zero-order chi connectivity index (χ0) is 15.7. The number of urea groups is 1. The Morgan fingerprint density at radius 2 is 2.09 bits per heavy atom. The molecule has 126 valence electrons. The summed E-state index contributed by atoms with van der Waals surface area (Å²) in [4.78, 5) is 14.8. The first-order valence-corrected chi connectivity index (χ1v) is 8.83. The van der Waals surface area contributed by atoms with Crippen molar-refractivity contribution in [1.82, 2.24) is 10.2 Å². The number of rotatable bonds is 5. The minimum atomic E-state index is 0.0531. The van der Waals surface area contributed by atoms with Crippen molar-refractivity contribution in [2.75, 3.05) is 26.3 Å². The Morgan fingerprint density at radius 3 is 2.77 bits per heavy atom. The molecule has 2 amide bonds. The highest BCUT2D eigenvalue weighted by Gasteiger charge is 2.62. The SMILES string of the molecule is CCCN(C(=O)NC[C@@H]1CCCO1)[C@@H]1[C@H]2CCO[C@@H]2C1(C)C. The van der Waals surface area contributed by atoms with Crippen molar-refractivity contribution in [2.45, 2.75) is 64.7 Å². The third-order valence-electron chi connectivity index (χ3n) is 5.60. The van der Waals surface area contributed by atoms with E-state index in [1.54, 1.807) is 0 Å². The molecule has 1 N–H and O–H groups in total. The van der Waals surface area contributed by atoms with Crippen molar-refractivity contribution in [1.29, 1.82) is 0 Å². The summed E-state index contributed by atoms with van der Waals surface area (Å²) in [5.74, 6) is 0.509. The van der Waals surface area contributed by atoms with Crippen LogP contribution in [0.4, 0.5) is 4.79 Å². The molecule has 22 heavy (non-hydrogen) atoms. The second kappa shape index (κ2) is 6.36. The standard InChI is InChI=1S/C17H30N2O3/c1-4-8-19(16(20)18-11-12-6-5-9-21-12)14-13-7-10-22-15(13)17(14,2)3/h12-15H,4-11H2,1-3H3,(H,18,20)/t12-,13+,14+,15-/m0/s1. The van der Waals surface area contributed by atoms with Crippen molar-refractivity contribution < 1.29 is 14.3 Å². The molecule has 0 bridgehead atoms. The molecule has 0 aromatic heterocycles. The van der Waals surface area contributed by atoms with Gasteiger partial charge in [-0.1, -0.05) is 20.8 Å². The number of carbonyl (C=O) groups is 1. The van der Waals surface area contributed by atoms with E-state index in [-0.39, 0.29) is 17.6 Å². The highest BCUT2D eigenvalue weighted by Crippen LogP contribution is 2.54. The first-order valence-electron chi connectivity index (χ1n) is 8.83. The Balaban J connectivity index is 1.62. The summed E-state index contributed by atoms with van der Waals surface area (Å²) in [6.07, 6.45) is 4.75. The number of amides is 2. The lowest BCUT2D eigenvalue weighted by Crippen LogP contribution is -2.69. The molecule has 3 rings (SSSR count). The molecule has 5 nitrogen and oxygen atoms in total. The van der Waals surface area contributed by atoms with E-state index in [2.05, 4.69) is 31.0 Å². The van der Waals surface area contributed by atoms with Crippen LogP contribution in [0.25, 0.3) is 0 Å². The molecular weight excluding hydrogens is 280 g/mol. The minimum absolute atomic E-state index is 0.0531. The molecule has 0 unspecified atom stereocenters. The number of nitrogens with one attached hydrogen (secondary N) is 1. The Bertz CT molecular complexity index is 407. The van der Waals surface area contributed by atoms with E-state index in [0.717, 1.165) is 45.4 Å². The van der Waals surface area contributed by atoms with Crippen LogP contribution in [0, 0.1) is 11.3 Å². The van der Waals surface area contributed by atoms with Gasteiger partial charge in [0.2, 0.25) is 0 Å². The average Bonchev–Trinajstić information content (AvgIpc) is 3.14. The molecule has 2 aliphatic heterocycles. The Labute approximate surface area is 133 Å². The van der Waals surface area contributed by atoms with Crippen LogP contribution in [-0.2, 0) is 9.47 Å². The van der Waals surface area contributed by atoms with Crippen LogP contribution in [0.1, 0.15) is 46.5 Å². The van der Waals surface area contributed by atoms with E-state index in [1.807, 2.05) is 0 Å². The number of fused-ring (bicyclic) bond motifs is 1. The van der Waals surface area contributed by atoms with Crippen molar-refractivity contribution >= 4 is 6.03 Å². The third-order valence-corrected chi connectivity index (χ3v) is 5.60. The molecule has 1 saturated carbocycles. The van der Waals surface area contributed by atoms with Crippen molar-refractivity contribution in [3.8, 4) is 0 Å². The molecule has 3 aliphatic rings. The van der Waals surface area contributed by atoms with Gasteiger partial charge in [0.1, 0.15) is 0 Å². The molecule has 1 aliphatic carbocycles. The molecule has 0 aromatic carbocycles. The van der Waals surface area contributed by atoms with E-state index < -0.39 is 0 Å². The summed E-state index contributed by atoms with van der Waals surface area (Å²) in [5.41, 5.74) is 0.0531. The van der Waals surface area contributed by atoms with Gasteiger partial charge in [-0.3, -0.25) is 0 Å². The Morgan fingerprint density at radius 1 is 1.27 bits per heavy atom. The van der Waals surface area contributed by atoms with Crippen LogP contribution in [0.3, 0.4) is 0 Å². The quantitative estimate of drug-likeness (QED) is 0.848. The van der Waals surface area contributed by atoms with Crippen LogP contribution in [0.2, 0.25) is 0 Å². The lowest BCUT2D eigenvalue weighted by molar-refractivity contribution is -0.143. The molecule has 2 heterocycles. The van der Waals surface area contributed by atoms with Gasteiger partial charge in [0.25, 0.3) is 0 Å². The number of carbonyl (C=O) groups excluding carboxylic acids is 1.